The zero-order chi connectivity index (χ0) is 12.9. The van der Waals surface area contributed by atoms with Gasteiger partial charge in [-0.05, 0) is 31.3 Å². The van der Waals surface area contributed by atoms with Gasteiger partial charge in [0.1, 0.15) is 0 Å². The summed E-state index contributed by atoms with van der Waals surface area (Å²) in [4.78, 5) is 0. The van der Waals surface area contributed by atoms with Crippen molar-refractivity contribution in [2.75, 3.05) is 12.4 Å². The average molecular weight is 256 g/mol. The molecule has 94 valence electrons. The van der Waals surface area contributed by atoms with Gasteiger partial charge in [0, 0.05) is 0 Å². The average Bonchev–Trinajstić information content (AvgIpc) is 2.30. The standard InChI is InChI=1S/C11H15NO4S/c1-3-16-11(13)9-5-7-10(8-6-9)12-17(14,15)4-2/h5-8,13H,3-4H2,1-2H3/p-1. The lowest BCUT2D eigenvalue weighted by Crippen LogP contribution is -2.12. The molecular formula is C11H14NO4S-. The molecule has 0 bridgehead atoms. The largest absolute Gasteiger partial charge is 0.613 e. The van der Waals surface area contributed by atoms with Gasteiger partial charge >= 0.3 is 0 Å². The quantitative estimate of drug-likeness (QED) is 0.686. The van der Waals surface area contributed by atoms with Crippen LogP contribution in [0.1, 0.15) is 13.8 Å². The molecule has 0 heterocycles. The highest BCUT2D eigenvalue weighted by Crippen LogP contribution is 2.11. The van der Waals surface area contributed by atoms with E-state index in [1.807, 2.05) is 0 Å². The molecule has 0 aromatic heterocycles. The van der Waals surface area contributed by atoms with Crippen LogP contribution in [0.5, 0.6) is 0 Å². The molecular weight excluding hydrogens is 242 g/mol. The smallest absolute Gasteiger partial charge is 0.253 e. The minimum Gasteiger partial charge on any atom is -0.613 e. The highest BCUT2D eigenvalue weighted by Gasteiger charge is 2.06. The molecule has 0 saturated carbocycles. The SMILES string of the molecule is CCOC([O-])=C1C=CC(=NS(=O)(=O)CC)C=C1. The van der Waals surface area contributed by atoms with Crippen LogP contribution in [0, 0.1) is 0 Å². The Morgan fingerprint density at radius 3 is 2.35 bits per heavy atom. The summed E-state index contributed by atoms with van der Waals surface area (Å²) in [6, 6.07) is 0. The normalized spacial score (nSPS) is 14.9. The number of nitrogens with zero attached hydrogens (tertiary/aromatic N) is 1. The van der Waals surface area contributed by atoms with Crippen LogP contribution in [0.3, 0.4) is 0 Å². The zero-order valence-electron chi connectivity index (χ0n) is 9.71. The third-order valence-electron chi connectivity index (χ3n) is 1.99. The van der Waals surface area contributed by atoms with Crippen LogP contribution in [-0.4, -0.2) is 26.5 Å². The van der Waals surface area contributed by atoms with Gasteiger partial charge in [0.05, 0.1) is 17.4 Å². The Bertz CT molecular complexity index is 480. The van der Waals surface area contributed by atoms with Crippen LogP contribution in [-0.2, 0) is 14.8 Å². The van der Waals surface area contributed by atoms with Gasteiger partial charge < -0.3 is 9.84 Å². The van der Waals surface area contributed by atoms with Crippen LogP contribution < -0.4 is 5.11 Å². The summed E-state index contributed by atoms with van der Waals surface area (Å²) in [7, 11) is -3.41. The monoisotopic (exact) mass is 256 g/mol. The fourth-order valence-electron chi connectivity index (χ4n) is 1.10. The van der Waals surface area contributed by atoms with E-state index in [1.54, 1.807) is 6.92 Å². The predicted molar refractivity (Wildman–Crippen MR) is 63.8 cm³/mol. The summed E-state index contributed by atoms with van der Waals surface area (Å²) in [5.74, 6) is -0.482. The lowest BCUT2D eigenvalue weighted by molar-refractivity contribution is -0.357. The Morgan fingerprint density at radius 2 is 1.88 bits per heavy atom. The third-order valence-corrected chi connectivity index (χ3v) is 3.21. The van der Waals surface area contributed by atoms with Gasteiger partial charge in [-0.1, -0.05) is 19.1 Å². The van der Waals surface area contributed by atoms with Crippen molar-refractivity contribution in [3.05, 3.63) is 35.8 Å². The van der Waals surface area contributed by atoms with Gasteiger partial charge in [0.2, 0.25) is 0 Å². The first-order valence-electron chi connectivity index (χ1n) is 5.21. The zero-order valence-corrected chi connectivity index (χ0v) is 10.5. The number of hydrogen-bond donors (Lipinski definition) is 0. The molecule has 0 aliphatic heterocycles. The first kappa shape index (κ1) is 13.5. The maximum absolute atomic E-state index is 11.3. The van der Waals surface area contributed by atoms with Crippen molar-refractivity contribution >= 4 is 15.7 Å². The topological polar surface area (TPSA) is 78.8 Å². The van der Waals surface area contributed by atoms with Gasteiger partial charge in [-0.25, -0.2) is 8.42 Å². The number of rotatable bonds is 4. The molecule has 0 radical (unpaired) electrons. The van der Waals surface area contributed by atoms with Gasteiger partial charge in [-0.15, -0.1) is 0 Å². The van der Waals surface area contributed by atoms with Crippen molar-refractivity contribution < 1.29 is 18.3 Å². The van der Waals surface area contributed by atoms with E-state index >= 15 is 0 Å². The molecule has 1 aliphatic carbocycles. The fraction of sp³-hybridized carbons (Fsp3) is 0.364. The maximum Gasteiger partial charge on any atom is 0.253 e. The summed E-state index contributed by atoms with van der Waals surface area (Å²) < 4.78 is 30.8. The van der Waals surface area contributed by atoms with E-state index in [1.165, 1.54) is 31.2 Å². The van der Waals surface area contributed by atoms with E-state index in [0.717, 1.165) is 0 Å². The molecule has 0 amide bonds. The minimum atomic E-state index is -3.41. The van der Waals surface area contributed by atoms with Crippen LogP contribution >= 0.6 is 0 Å². The second-order valence-corrected chi connectivity index (χ2v) is 5.15. The molecule has 0 N–H and O–H groups in total. The molecule has 1 aliphatic rings. The molecule has 0 fully saturated rings. The number of ether oxygens (including phenoxy) is 1. The van der Waals surface area contributed by atoms with Crippen LogP contribution in [0.25, 0.3) is 0 Å². The Balaban J connectivity index is 2.89. The lowest BCUT2D eigenvalue weighted by Gasteiger charge is -2.16. The Hall–Kier alpha value is -1.56. The summed E-state index contributed by atoms with van der Waals surface area (Å²) >= 11 is 0. The van der Waals surface area contributed by atoms with Gasteiger partial charge in [-0.3, -0.25) is 0 Å². The van der Waals surface area contributed by atoms with Crippen molar-refractivity contribution in [3.8, 4) is 0 Å². The minimum absolute atomic E-state index is 0.0490. The molecule has 0 aromatic rings. The summed E-state index contributed by atoms with van der Waals surface area (Å²) in [5, 5.41) is 11.3. The Kier molecular flexibility index (Phi) is 4.51. The molecule has 0 saturated heterocycles. The predicted octanol–water partition coefficient (Wildman–Crippen LogP) is 0.512. The van der Waals surface area contributed by atoms with E-state index in [-0.39, 0.29) is 5.75 Å². The van der Waals surface area contributed by atoms with Crippen molar-refractivity contribution in [1.82, 2.24) is 0 Å². The van der Waals surface area contributed by atoms with E-state index in [9.17, 15) is 13.5 Å². The van der Waals surface area contributed by atoms with Crippen LogP contribution in [0.4, 0.5) is 0 Å². The van der Waals surface area contributed by atoms with E-state index in [0.29, 0.717) is 17.9 Å². The van der Waals surface area contributed by atoms with Crippen molar-refractivity contribution in [3.63, 3.8) is 0 Å². The van der Waals surface area contributed by atoms with Crippen molar-refractivity contribution in [2.24, 2.45) is 4.40 Å². The van der Waals surface area contributed by atoms with E-state index in [2.05, 4.69) is 4.40 Å². The second-order valence-electron chi connectivity index (χ2n) is 3.23. The van der Waals surface area contributed by atoms with Crippen LogP contribution in [0.15, 0.2) is 40.2 Å². The van der Waals surface area contributed by atoms with Crippen molar-refractivity contribution in [1.29, 1.82) is 0 Å². The molecule has 0 spiro atoms. The molecule has 0 atom stereocenters. The maximum atomic E-state index is 11.3. The van der Waals surface area contributed by atoms with E-state index in [4.69, 9.17) is 4.74 Å². The fourth-order valence-corrected chi connectivity index (χ4v) is 1.67. The van der Waals surface area contributed by atoms with Crippen molar-refractivity contribution in [2.45, 2.75) is 13.8 Å². The Labute approximate surface area is 101 Å². The highest BCUT2D eigenvalue weighted by atomic mass is 32.2. The van der Waals surface area contributed by atoms with Gasteiger partial charge in [0.15, 0.2) is 0 Å². The molecule has 6 heteroatoms. The molecule has 0 unspecified atom stereocenters. The number of sulfonamides is 1. The van der Waals surface area contributed by atoms with Gasteiger partial charge in [-0.2, -0.15) is 4.40 Å². The number of hydrogen-bond acceptors (Lipinski definition) is 4. The summed E-state index contributed by atoms with van der Waals surface area (Å²) in [6.07, 6.45) is 5.92. The highest BCUT2D eigenvalue weighted by molar-refractivity contribution is 7.90. The Morgan fingerprint density at radius 1 is 1.29 bits per heavy atom. The second kappa shape index (κ2) is 5.67. The van der Waals surface area contributed by atoms with E-state index < -0.39 is 16.0 Å². The molecule has 17 heavy (non-hydrogen) atoms. The number of allylic oxidation sites excluding steroid dienone is 5. The molecule has 5 nitrogen and oxygen atoms in total. The first-order chi connectivity index (χ1) is 7.98. The molecule has 1 rings (SSSR count). The lowest BCUT2D eigenvalue weighted by atomic mass is 10.1. The van der Waals surface area contributed by atoms with Gasteiger partial charge in [0.25, 0.3) is 10.0 Å². The summed E-state index contributed by atoms with van der Waals surface area (Å²) in [6.45, 7) is 3.54. The third kappa shape index (κ3) is 4.07. The summed E-state index contributed by atoms with van der Waals surface area (Å²) in [5.41, 5.74) is 0.680. The van der Waals surface area contributed by atoms with Crippen LogP contribution in [0.2, 0.25) is 0 Å². The first-order valence-corrected chi connectivity index (χ1v) is 6.82. The molecule has 0 aromatic carbocycles.